The maximum absolute atomic E-state index is 12.6. The molecule has 23 heavy (non-hydrogen) atoms. The van der Waals surface area contributed by atoms with E-state index >= 15 is 0 Å². The van der Waals surface area contributed by atoms with E-state index in [4.69, 9.17) is 0 Å². The fourth-order valence-corrected chi connectivity index (χ4v) is 3.89. The van der Waals surface area contributed by atoms with Gasteiger partial charge in [-0.05, 0) is 56.3 Å². The number of amides is 1. The first-order valence-corrected chi connectivity index (χ1v) is 8.84. The molecule has 2 fully saturated rings. The van der Waals surface area contributed by atoms with E-state index in [0.29, 0.717) is 12.0 Å². The number of halogens is 1. The summed E-state index contributed by atoms with van der Waals surface area (Å²) in [5.41, 5.74) is 2.27. The molecule has 1 aromatic rings. The molecule has 0 aromatic heterocycles. The number of benzene rings is 1. The molecule has 1 N–H and O–H groups in total. The second kappa shape index (κ2) is 8.70. The predicted molar refractivity (Wildman–Crippen MR) is 97.5 cm³/mol. The van der Waals surface area contributed by atoms with Gasteiger partial charge < -0.3 is 10.2 Å². The molecule has 128 valence electrons. The van der Waals surface area contributed by atoms with E-state index in [1.807, 2.05) is 24.1 Å². The van der Waals surface area contributed by atoms with E-state index in [1.165, 1.54) is 37.7 Å². The first-order chi connectivity index (χ1) is 10.8. The normalized spacial score (nSPS) is 20.1. The Morgan fingerprint density at radius 3 is 2.17 bits per heavy atom. The van der Waals surface area contributed by atoms with Crippen LogP contribution in [0.4, 0.5) is 0 Å². The highest BCUT2D eigenvalue weighted by molar-refractivity contribution is 5.94. The summed E-state index contributed by atoms with van der Waals surface area (Å²) in [4.78, 5) is 14.6. The maximum Gasteiger partial charge on any atom is 0.253 e. The number of hydrogen-bond donors (Lipinski definition) is 1. The summed E-state index contributed by atoms with van der Waals surface area (Å²) in [5, 5.41) is 3.31. The van der Waals surface area contributed by atoms with E-state index in [-0.39, 0.29) is 18.3 Å². The number of carbonyl (C=O) groups is 1. The van der Waals surface area contributed by atoms with Crippen LogP contribution in [0.15, 0.2) is 24.3 Å². The molecule has 1 amide bonds. The molecule has 0 spiro atoms. The molecule has 0 bridgehead atoms. The lowest BCUT2D eigenvalue weighted by Gasteiger charge is -2.32. The molecule has 0 unspecified atom stereocenters. The number of likely N-dealkylation sites (tertiary alicyclic amines) is 1. The van der Waals surface area contributed by atoms with Gasteiger partial charge in [0.15, 0.2) is 0 Å². The molecule has 1 aromatic carbocycles. The summed E-state index contributed by atoms with van der Waals surface area (Å²) in [6, 6.07) is 9.01. The highest BCUT2D eigenvalue weighted by Gasteiger charge is 2.23. The average molecular weight is 337 g/mol. The van der Waals surface area contributed by atoms with Gasteiger partial charge in [-0.15, -0.1) is 12.4 Å². The van der Waals surface area contributed by atoms with Crippen LogP contribution in [0.5, 0.6) is 0 Å². The lowest BCUT2D eigenvalue weighted by atomic mass is 9.84. The monoisotopic (exact) mass is 336 g/mol. The van der Waals surface area contributed by atoms with Crippen LogP contribution in [0.25, 0.3) is 0 Å². The quantitative estimate of drug-likeness (QED) is 0.905. The van der Waals surface area contributed by atoms with Crippen molar-refractivity contribution in [3.8, 4) is 0 Å². The van der Waals surface area contributed by atoms with E-state index in [1.54, 1.807) is 0 Å². The van der Waals surface area contributed by atoms with Crippen LogP contribution in [-0.4, -0.2) is 37.0 Å². The molecule has 1 aliphatic carbocycles. The number of piperidine rings is 1. The molecule has 3 rings (SSSR count). The SMILES string of the molecule is CNC1CCN(C(=O)c2ccc(C3CCCCC3)cc2)CC1.Cl. The van der Waals surface area contributed by atoms with Crippen LogP contribution >= 0.6 is 12.4 Å². The number of nitrogens with one attached hydrogen (secondary N) is 1. The van der Waals surface area contributed by atoms with Crippen LogP contribution in [0.2, 0.25) is 0 Å². The van der Waals surface area contributed by atoms with E-state index in [2.05, 4.69) is 17.4 Å². The number of carbonyl (C=O) groups excluding carboxylic acids is 1. The molecule has 0 radical (unpaired) electrons. The first kappa shape index (κ1) is 18.3. The van der Waals surface area contributed by atoms with Crippen molar-refractivity contribution in [3.05, 3.63) is 35.4 Å². The summed E-state index contributed by atoms with van der Waals surface area (Å²) >= 11 is 0. The lowest BCUT2D eigenvalue weighted by Crippen LogP contribution is -2.43. The second-order valence-corrected chi connectivity index (χ2v) is 6.81. The van der Waals surface area contributed by atoms with E-state index < -0.39 is 0 Å². The zero-order valence-corrected chi connectivity index (χ0v) is 14.9. The van der Waals surface area contributed by atoms with Gasteiger partial charge in [-0.3, -0.25) is 4.79 Å². The predicted octanol–water partition coefficient (Wildman–Crippen LogP) is 3.98. The maximum atomic E-state index is 12.6. The lowest BCUT2D eigenvalue weighted by molar-refractivity contribution is 0.0707. The summed E-state index contributed by atoms with van der Waals surface area (Å²) in [5.74, 6) is 0.911. The fourth-order valence-electron chi connectivity index (χ4n) is 3.89. The van der Waals surface area contributed by atoms with Gasteiger partial charge in [0.2, 0.25) is 0 Å². The van der Waals surface area contributed by atoms with Gasteiger partial charge >= 0.3 is 0 Å². The Balaban J connectivity index is 0.00000192. The molecular weight excluding hydrogens is 308 g/mol. The first-order valence-electron chi connectivity index (χ1n) is 8.84. The van der Waals surface area contributed by atoms with Crippen LogP contribution in [0.1, 0.15) is 66.8 Å². The average Bonchev–Trinajstić information content (AvgIpc) is 2.62. The fraction of sp³-hybridized carbons (Fsp3) is 0.632. The molecule has 1 saturated heterocycles. The van der Waals surface area contributed by atoms with Gasteiger partial charge in [0, 0.05) is 24.7 Å². The Morgan fingerprint density at radius 2 is 1.61 bits per heavy atom. The van der Waals surface area contributed by atoms with E-state index in [0.717, 1.165) is 31.5 Å². The Morgan fingerprint density at radius 1 is 1.00 bits per heavy atom. The van der Waals surface area contributed by atoms with Crippen molar-refractivity contribution in [3.63, 3.8) is 0 Å². The Bertz CT molecular complexity index is 489. The Kier molecular flexibility index (Phi) is 6.91. The van der Waals surface area contributed by atoms with Crippen molar-refractivity contribution in [2.24, 2.45) is 0 Å². The number of hydrogen-bond acceptors (Lipinski definition) is 2. The highest BCUT2D eigenvalue weighted by Crippen LogP contribution is 2.32. The molecule has 1 heterocycles. The minimum absolute atomic E-state index is 0. The molecule has 1 saturated carbocycles. The molecular formula is C19H29ClN2O. The number of rotatable bonds is 3. The van der Waals surface area contributed by atoms with Gasteiger partial charge in [-0.1, -0.05) is 31.4 Å². The van der Waals surface area contributed by atoms with Crippen LogP contribution in [0.3, 0.4) is 0 Å². The van der Waals surface area contributed by atoms with Gasteiger partial charge in [0.1, 0.15) is 0 Å². The zero-order chi connectivity index (χ0) is 15.4. The zero-order valence-electron chi connectivity index (χ0n) is 14.1. The van der Waals surface area contributed by atoms with Crippen molar-refractivity contribution in [1.82, 2.24) is 10.2 Å². The summed E-state index contributed by atoms with van der Waals surface area (Å²) in [6.45, 7) is 1.74. The third-order valence-corrected chi connectivity index (χ3v) is 5.42. The molecule has 1 aliphatic heterocycles. The minimum atomic E-state index is 0. The van der Waals surface area contributed by atoms with Crippen molar-refractivity contribution < 1.29 is 4.79 Å². The third kappa shape index (κ3) is 4.48. The minimum Gasteiger partial charge on any atom is -0.339 e. The topological polar surface area (TPSA) is 32.3 Å². The molecule has 0 atom stereocenters. The Hall–Kier alpha value is -1.06. The highest BCUT2D eigenvalue weighted by atomic mass is 35.5. The van der Waals surface area contributed by atoms with Crippen LogP contribution in [-0.2, 0) is 0 Å². The van der Waals surface area contributed by atoms with Gasteiger partial charge in [0.25, 0.3) is 5.91 Å². The summed E-state index contributed by atoms with van der Waals surface area (Å²) in [6.07, 6.45) is 8.83. The molecule has 2 aliphatic rings. The van der Waals surface area contributed by atoms with Crippen LogP contribution in [0, 0.1) is 0 Å². The van der Waals surface area contributed by atoms with Crippen molar-refractivity contribution in [1.29, 1.82) is 0 Å². The second-order valence-electron chi connectivity index (χ2n) is 6.81. The standard InChI is InChI=1S/C19H28N2O.ClH/c1-20-18-11-13-21(14-12-18)19(22)17-9-7-16(8-10-17)15-5-3-2-4-6-15;/h7-10,15,18,20H,2-6,11-14H2,1H3;1H. The van der Waals surface area contributed by atoms with Gasteiger partial charge in [-0.25, -0.2) is 0 Å². The van der Waals surface area contributed by atoms with Crippen molar-refractivity contribution >= 4 is 18.3 Å². The smallest absolute Gasteiger partial charge is 0.253 e. The van der Waals surface area contributed by atoms with Crippen molar-refractivity contribution in [2.75, 3.05) is 20.1 Å². The molecule has 4 heteroatoms. The van der Waals surface area contributed by atoms with Gasteiger partial charge in [0.05, 0.1) is 0 Å². The van der Waals surface area contributed by atoms with Gasteiger partial charge in [-0.2, -0.15) is 0 Å². The van der Waals surface area contributed by atoms with Crippen LogP contribution < -0.4 is 5.32 Å². The summed E-state index contributed by atoms with van der Waals surface area (Å²) < 4.78 is 0. The molecule has 3 nitrogen and oxygen atoms in total. The van der Waals surface area contributed by atoms with Crippen molar-refractivity contribution in [2.45, 2.75) is 56.9 Å². The summed E-state index contributed by atoms with van der Waals surface area (Å²) in [7, 11) is 2.01. The third-order valence-electron chi connectivity index (χ3n) is 5.42. The van der Waals surface area contributed by atoms with E-state index in [9.17, 15) is 4.79 Å². The number of nitrogens with zero attached hydrogens (tertiary/aromatic N) is 1. The Labute approximate surface area is 146 Å². The largest absolute Gasteiger partial charge is 0.339 e.